The monoisotopic (exact) mass is 248 g/mol. The molecule has 0 aromatic heterocycles. The van der Waals surface area contributed by atoms with Crippen molar-refractivity contribution in [1.82, 2.24) is 0 Å². The van der Waals surface area contributed by atoms with Gasteiger partial charge in [-0.15, -0.1) is 0 Å². The number of carbonyl (C=O) groups excluding carboxylic acids is 1. The van der Waals surface area contributed by atoms with Crippen molar-refractivity contribution in [2.75, 3.05) is 11.9 Å². The maximum atomic E-state index is 12.1. The molecule has 0 heterocycles. The van der Waals surface area contributed by atoms with Crippen LogP contribution < -0.4 is 10.6 Å². The molecule has 18 heavy (non-hydrogen) atoms. The highest BCUT2D eigenvalue weighted by Gasteiger charge is 2.17. The minimum atomic E-state index is -0.293. The van der Waals surface area contributed by atoms with Crippen LogP contribution in [0, 0.1) is 13.8 Å². The third kappa shape index (κ3) is 4.15. The summed E-state index contributed by atoms with van der Waals surface area (Å²) in [4.78, 5) is 13.8. The molecule has 0 radical (unpaired) electrons. The maximum absolute atomic E-state index is 12.1. The van der Waals surface area contributed by atoms with Gasteiger partial charge in [-0.2, -0.15) is 0 Å². The van der Waals surface area contributed by atoms with E-state index in [1.165, 1.54) is 5.56 Å². The van der Waals surface area contributed by atoms with E-state index in [1.54, 1.807) is 4.90 Å². The summed E-state index contributed by atoms with van der Waals surface area (Å²) in [6.07, 6.45) is 1.17. The van der Waals surface area contributed by atoms with E-state index in [-0.39, 0.29) is 11.4 Å². The lowest BCUT2D eigenvalue weighted by Crippen LogP contribution is -2.35. The molecular weight excluding hydrogens is 224 g/mol. The van der Waals surface area contributed by atoms with Crippen LogP contribution >= 0.6 is 0 Å². The van der Waals surface area contributed by atoms with Gasteiger partial charge in [0.25, 0.3) is 0 Å². The molecule has 0 atom stereocenters. The zero-order valence-electron chi connectivity index (χ0n) is 12.1. The highest BCUT2D eigenvalue weighted by molar-refractivity contribution is 5.93. The van der Waals surface area contributed by atoms with Crippen molar-refractivity contribution < 1.29 is 4.79 Å². The second-order valence-corrected chi connectivity index (χ2v) is 5.73. The molecule has 0 aliphatic carbocycles. The van der Waals surface area contributed by atoms with Crippen LogP contribution in [-0.4, -0.2) is 18.5 Å². The highest BCUT2D eigenvalue weighted by Crippen LogP contribution is 2.21. The van der Waals surface area contributed by atoms with Gasteiger partial charge in [-0.3, -0.25) is 4.79 Å². The molecule has 0 saturated heterocycles. The van der Waals surface area contributed by atoms with Gasteiger partial charge in [-0.05, 0) is 45.7 Å². The Kier molecular flexibility index (Phi) is 4.52. The zero-order chi connectivity index (χ0) is 13.9. The Balaban J connectivity index is 2.74. The Morgan fingerprint density at radius 3 is 2.44 bits per heavy atom. The summed E-state index contributed by atoms with van der Waals surface area (Å²) in [6.45, 7) is 7.96. The number of carbonyl (C=O) groups is 1. The van der Waals surface area contributed by atoms with Crippen LogP contribution in [0.1, 0.15) is 37.8 Å². The first kappa shape index (κ1) is 14.7. The largest absolute Gasteiger partial charge is 0.326 e. The molecule has 1 aromatic rings. The average Bonchev–Trinajstić information content (AvgIpc) is 2.24. The Morgan fingerprint density at radius 2 is 1.94 bits per heavy atom. The summed E-state index contributed by atoms with van der Waals surface area (Å²) in [5, 5.41) is 0. The average molecular weight is 248 g/mol. The van der Waals surface area contributed by atoms with Gasteiger partial charge in [0.15, 0.2) is 0 Å². The summed E-state index contributed by atoms with van der Waals surface area (Å²) in [7, 11) is 1.82. The number of aryl methyl sites for hydroxylation is 2. The summed E-state index contributed by atoms with van der Waals surface area (Å²) < 4.78 is 0. The van der Waals surface area contributed by atoms with Crippen molar-refractivity contribution in [2.24, 2.45) is 5.73 Å². The highest BCUT2D eigenvalue weighted by atomic mass is 16.2. The molecule has 3 heteroatoms. The molecular formula is C15H24N2O. The van der Waals surface area contributed by atoms with Gasteiger partial charge < -0.3 is 10.6 Å². The second kappa shape index (κ2) is 5.53. The number of benzene rings is 1. The normalized spacial score (nSPS) is 11.4. The zero-order valence-corrected chi connectivity index (χ0v) is 12.1. The van der Waals surface area contributed by atoms with Gasteiger partial charge in [0.05, 0.1) is 0 Å². The van der Waals surface area contributed by atoms with E-state index in [9.17, 15) is 4.79 Å². The Morgan fingerprint density at radius 1 is 1.33 bits per heavy atom. The quantitative estimate of drug-likeness (QED) is 0.890. The van der Waals surface area contributed by atoms with Crippen LogP contribution in [0.5, 0.6) is 0 Å². The van der Waals surface area contributed by atoms with Gasteiger partial charge in [0.1, 0.15) is 0 Å². The first-order valence-corrected chi connectivity index (χ1v) is 6.33. The van der Waals surface area contributed by atoms with Crippen LogP contribution in [0.4, 0.5) is 5.69 Å². The summed E-state index contributed by atoms with van der Waals surface area (Å²) >= 11 is 0. The molecule has 0 aliphatic rings. The predicted octanol–water partition coefficient (Wildman–Crippen LogP) is 2.78. The van der Waals surface area contributed by atoms with E-state index in [1.807, 2.05) is 40.0 Å². The lowest BCUT2D eigenvalue weighted by atomic mass is 9.99. The van der Waals surface area contributed by atoms with E-state index in [0.29, 0.717) is 12.8 Å². The minimum absolute atomic E-state index is 0.112. The number of rotatable bonds is 4. The standard InChI is InChI=1S/C15H24N2O/c1-11-6-7-13(12(2)10-11)17(5)14(18)8-9-15(3,4)16/h6-7,10H,8-9,16H2,1-5H3. The number of hydrogen-bond acceptors (Lipinski definition) is 2. The van der Waals surface area contributed by atoms with Gasteiger partial charge in [-0.25, -0.2) is 0 Å². The number of amides is 1. The number of nitrogens with zero attached hydrogens (tertiary/aromatic N) is 1. The topological polar surface area (TPSA) is 46.3 Å². The molecule has 1 rings (SSSR count). The van der Waals surface area contributed by atoms with Crippen molar-refractivity contribution in [1.29, 1.82) is 0 Å². The lowest BCUT2D eigenvalue weighted by molar-refractivity contribution is -0.118. The fourth-order valence-electron chi connectivity index (χ4n) is 1.91. The van der Waals surface area contributed by atoms with Gasteiger partial charge in [0.2, 0.25) is 5.91 Å². The molecule has 0 unspecified atom stereocenters. The van der Waals surface area contributed by atoms with E-state index < -0.39 is 0 Å². The fourth-order valence-corrected chi connectivity index (χ4v) is 1.91. The van der Waals surface area contributed by atoms with Gasteiger partial charge in [-0.1, -0.05) is 17.7 Å². The van der Waals surface area contributed by atoms with E-state index in [0.717, 1.165) is 11.3 Å². The predicted molar refractivity (Wildman–Crippen MR) is 76.8 cm³/mol. The second-order valence-electron chi connectivity index (χ2n) is 5.73. The third-order valence-corrected chi connectivity index (χ3v) is 3.07. The smallest absolute Gasteiger partial charge is 0.226 e. The fraction of sp³-hybridized carbons (Fsp3) is 0.533. The first-order chi connectivity index (χ1) is 8.20. The SMILES string of the molecule is Cc1ccc(N(C)C(=O)CCC(C)(C)N)c(C)c1. The molecule has 1 amide bonds. The van der Waals surface area contributed by atoms with Gasteiger partial charge >= 0.3 is 0 Å². The Hall–Kier alpha value is -1.35. The Bertz CT molecular complexity index is 433. The Labute approximate surface area is 110 Å². The number of hydrogen-bond donors (Lipinski definition) is 1. The minimum Gasteiger partial charge on any atom is -0.326 e. The molecule has 2 N–H and O–H groups in total. The van der Waals surface area contributed by atoms with Crippen LogP contribution in [0.15, 0.2) is 18.2 Å². The van der Waals surface area contributed by atoms with Crippen LogP contribution in [0.25, 0.3) is 0 Å². The van der Waals surface area contributed by atoms with Crippen LogP contribution in [0.3, 0.4) is 0 Å². The molecule has 1 aromatic carbocycles. The van der Waals surface area contributed by atoms with Crippen molar-refractivity contribution in [2.45, 2.75) is 46.1 Å². The summed E-state index contributed by atoms with van der Waals surface area (Å²) in [5.41, 5.74) is 8.91. The molecule has 0 bridgehead atoms. The van der Waals surface area contributed by atoms with Gasteiger partial charge in [0, 0.05) is 24.7 Å². The maximum Gasteiger partial charge on any atom is 0.226 e. The van der Waals surface area contributed by atoms with Crippen LogP contribution in [0.2, 0.25) is 0 Å². The van der Waals surface area contributed by atoms with E-state index in [4.69, 9.17) is 5.73 Å². The summed E-state index contributed by atoms with van der Waals surface area (Å²) in [5.74, 6) is 0.112. The first-order valence-electron chi connectivity index (χ1n) is 6.33. The molecule has 0 spiro atoms. The molecule has 0 saturated carbocycles. The number of nitrogens with two attached hydrogens (primary N) is 1. The molecule has 100 valence electrons. The molecule has 0 aliphatic heterocycles. The van der Waals surface area contributed by atoms with Crippen molar-refractivity contribution in [3.8, 4) is 0 Å². The number of anilines is 1. The molecule has 3 nitrogen and oxygen atoms in total. The van der Waals surface area contributed by atoms with Crippen molar-refractivity contribution in [3.05, 3.63) is 29.3 Å². The molecule has 0 fully saturated rings. The summed E-state index contributed by atoms with van der Waals surface area (Å²) in [6, 6.07) is 6.11. The van der Waals surface area contributed by atoms with E-state index >= 15 is 0 Å². The lowest BCUT2D eigenvalue weighted by Gasteiger charge is -2.23. The van der Waals surface area contributed by atoms with Crippen molar-refractivity contribution >= 4 is 11.6 Å². The van der Waals surface area contributed by atoms with Crippen LogP contribution in [-0.2, 0) is 4.79 Å². The third-order valence-electron chi connectivity index (χ3n) is 3.07. The van der Waals surface area contributed by atoms with E-state index in [2.05, 4.69) is 13.0 Å². The van der Waals surface area contributed by atoms with Crippen molar-refractivity contribution in [3.63, 3.8) is 0 Å².